The zero-order valence-electron chi connectivity index (χ0n) is 18.4. The lowest BCUT2D eigenvalue weighted by molar-refractivity contribution is -0.723. The minimum atomic E-state index is -0.606. The average Bonchev–Trinajstić information content (AvgIpc) is 3.12. The van der Waals surface area contributed by atoms with Crippen LogP contribution in [0.4, 0.5) is 5.82 Å². The van der Waals surface area contributed by atoms with E-state index in [0.717, 1.165) is 11.1 Å². The van der Waals surface area contributed by atoms with Crippen molar-refractivity contribution in [2.45, 2.75) is 19.3 Å². The lowest BCUT2D eigenvalue weighted by atomic mass is 9.81. The number of rotatable bonds is 3. The first kappa shape index (κ1) is 20.7. The second-order valence-electron chi connectivity index (χ2n) is 8.12. The Morgan fingerprint density at radius 3 is 2.45 bits per heavy atom. The number of carbonyl (C=O) groups excluding carboxylic acids is 1. The average molecular weight is 445 g/mol. The van der Waals surface area contributed by atoms with Gasteiger partial charge in [-0.15, -0.1) is 4.99 Å². The number of nitrogens with one attached hydrogen (secondary N) is 1. The Kier molecular flexibility index (Phi) is 4.67. The van der Waals surface area contributed by atoms with Crippen LogP contribution in [0.15, 0.2) is 58.9 Å². The summed E-state index contributed by atoms with van der Waals surface area (Å²) in [6.45, 7) is 1.72. The molecule has 1 aliphatic carbocycles. The van der Waals surface area contributed by atoms with Crippen LogP contribution in [-0.2, 0) is 18.9 Å². The molecule has 5 rings (SSSR count). The van der Waals surface area contributed by atoms with E-state index >= 15 is 0 Å². The largest absolute Gasteiger partial charge is 0.507 e. The van der Waals surface area contributed by atoms with Crippen molar-refractivity contribution in [3.63, 3.8) is 0 Å². The Bertz CT molecular complexity index is 1450. The molecule has 0 fully saturated rings. The molecule has 166 valence electrons. The molecule has 0 saturated heterocycles. The smallest absolute Gasteiger partial charge is 0.462 e. The van der Waals surface area contributed by atoms with Crippen molar-refractivity contribution in [3.05, 3.63) is 86.7 Å². The fourth-order valence-corrected chi connectivity index (χ4v) is 4.55. The van der Waals surface area contributed by atoms with Gasteiger partial charge in [-0.05, 0) is 23.8 Å². The molecule has 0 radical (unpaired) electrons. The van der Waals surface area contributed by atoms with E-state index in [1.165, 1.54) is 16.2 Å². The van der Waals surface area contributed by atoms with Crippen molar-refractivity contribution < 1.29 is 29.3 Å². The molecule has 3 N–H and O–H groups in total. The molecular formula is C25H23N3O5+2. The van der Waals surface area contributed by atoms with Crippen LogP contribution in [-0.4, -0.2) is 26.5 Å². The second-order valence-corrected chi connectivity index (χ2v) is 8.12. The van der Waals surface area contributed by atoms with E-state index in [1.807, 2.05) is 24.3 Å². The molecule has 0 spiro atoms. The molecule has 8 nitrogen and oxygen atoms in total. The van der Waals surface area contributed by atoms with Gasteiger partial charge in [0.05, 0.1) is 17.1 Å². The monoisotopic (exact) mass is 445 g/mol. The van der Waals surface area contributed by atoms with Crippen molar-refractivity contribution >= 4 is 23.3 Å². The number of benzene rings is 2. The molecule has 2 aliphatic rings. The summed E-state index contributed by atoms with van der Waals surface area (Å²) >= 11 is 0. The van der Waals surface area contributed by atoms with Crippen LogP contribution >= 0.6 is 0 Å². The number of aliphatic hydroxyl groups excluding tert-OH is 1. The number of ether oxygens (including phenoxy) is 1. The van der Waals surface area contributed by atoms with Gasteiger partial charge in [-0.3, -0.25) is 9.59 Å². The quantitative estimate of drug-likeness (QED) is 0.315. The molecule has 0 saturated carbocycles. The van der Waals surface area contributed by atoms with Crippen molar-refractivity contribution in [2.24, 2.45) is 14.1 Å². The number of fused-ring (bicyclic) bond motifs is 4. The van der Waals surface area contributed by atoms with Gasteiger partial charge in [-0.25, -0.2) is 4.57 Å². The molecule has 1 atom stereocenters. The first-order valence-electron chi connectivity index (χ1n) is 10.6. The predicted octanol–water partition coefficient (Wildman–Crippen LogP) is 0.860. The molecule has 0 amide bonds. The molecule has 3 aromatic rings. The van der Waals surface area contributed by atoms with Gasteiger partial charge in [0, 0.05) is 19.0 Å². The minimum absolute atomic E-state index is 0.100. The normalized spacial score (nSPS) is 16.1. The fourth-order valence-electron chi connectivity index (χ4n) is 4.55. The summed E-state index contributed by atoms with van der Waals surface area (Å²) in [5, 5.41) is 21.7. The minimum Gasteiger partial charge on any atom is -0.507 e. The molecule has 1 unspecified atom stereocenters. The number of hydrogen-bond acceptors (Lipinski definition) is 5. The number of aromatic hydroxyl groups is 1. The van der Waals surface area contributed by atoms with Crippen molar-refractivity contribution in [1.29, 1.82) is 0 Å². The van der Waals surface area contributed by atoms with E-state index in [1.54, 1.807) is 38.2 Å². The number of aliphatic hydroxyl groups is 1. The Morgan fingerprint density at radius 2 is 1.79 bits per heavy atom. The van der Waals surface area contributed by atoms with Gasteiger partial charge in [-0.1, -0.05) is 41.8 Å². The van der Waals surface area contributed by atoms with Gasteiger partial charge in [-0.2, -0.15) is 0 Å². The highest BCUT2D eigenvalue weighted by Gasteiger charge is 2.49. The number of allylic oxidation sites excluding steroid dienone is 1. The Labute approximate surface area is 189 Å². The first-order chi connectivity index (χ1) is 15.8. The summed E-state index contributed by atoms with van der Waals surface area (Å²) in [6.07, 6.45) is 0.261. The van der Waals surface area contributed by atoms with Crippen LogP contribution in [0.1, 0.15) is 41.5 Å². The summed E-state index contributed by atoms with van der Waals surface area (Å²) < 4.78 is 7.98. The maximum atomic E-state index is 13.4. The first-order valence-corrected chi connectivity index (χ1v) is 10.6. The zero-order valence-corrected chi connectivity index (χ0v) is 18.4. The summed E-state index contributed by atoms with van der Waals surface area (Å²) in [5.74, 6) is 0.00742. The molecule has 2 aromatic carbocycles. The van der Waals surface area contributed by atoms with Crippen LogP contribution < -0.4 is 19.9 Å². The topological polar surface area (TPSA) is 107 Å². The van der Waals surface area contributed by atoms with Crippen LogP contribution in [0.5, 0.6) is 11.8 Å². The number of nitrogens with zero attached hydrogens (tertiary/aromatic N) is 2. The molecule has 1 aliphatic heterocycles. The molecule has 1 aromatic heterocycles. The van der Waals surface area contributed by atoms with Crippen LogP contribution in [0, 0.1) is 0 Å². The van der Waals surface area contributed by atoms with E-state index in [2.05, 4.69) is 4.99 Å². The fraction of sp³-hybridized carbons (Fsp3) is 0.200. The Balaban J connectivity index is 1.78. The van der Waals surface area contributed by atoms with E-state index in [9.17, 15) is 19.8 Å². The molecule has 2 heterocycles. The van der Waals surface area contributed by atoms with Crippen molar-refractivity contribution in [3.8, 4) is 11.8 Å². The number of aromatic nitrogens is 2. The van der Waals surface area contributed by atoms with Gasteiger partial charge < -0.3 is 14.9 Å². The molecule has 8 heteroatoms. The van der Waals surface area contributed by atoms with Gasteiger partial charge in [0.25, 0.3) is 5.56 Å². The van der Waals surface area contributed by atoms with Gasteiger partial charge in [0.15, 0.2) is 12.6 Å². The van der Waals surface area contributed by atoms with Crippen molar-refractivity contribution in [2.75, 3.05) is 0 Å². The maximum absolute atomic E-state index is 13.4. The highest BCUT2D eigenvalue weighted by Crippen LogP contribution is 2.43. The SMILES string of the molecule is CCC(=O)Oc1ccc(C2C3=C(O)c4ccccc4C3=[NH+]c3c2c(=O)n(C)c(O)[n+]3C)cc1. The van der Waals surface area contributed by atoms with Crippen LogP contribution in [0.25, 0.3) is 5.76 Å². The summed E-state index contributed by atoms with van der Waals surface area (Å²) in [6, 6.07) is 14.2. The maximum Gasteiger partial charge on any atom is 0.462 e. The second kappa shape index (κ2) is 7.44. The van der Waals surface area contributed by atoms with E-state index < -0.39 is 5.92 Å². The van der Waals surface area contributed by atoms with Gasteiger partial charge >= 0.3 is 17.8 Å². The standard InChI is InChI=1S/C25H21N3O5/c1-4-17(29)33-14-11-9-13(10-12-14)18-19-21(15-7-5-6-8-16(15)22(19)30)26-23-20(18)24(31)28(3)25(32)27(23)2/h5-12,18H,4H2,1-3H3,(H,26,30,31)/p+2. The lowest BCUT2D eigenvalue weighted by Crippen LogP contribution is -2.75. The summed E-state index contributed by atoms with van der Waals surface area (Å²) in [5.41, 5.74) is 3.52. The third kappa shape index (κ3) is 2.98. The Morgan fingerprint density at radius 1 is 1.12 bits per heavy atom. The molecule has 0 bridgehead atoms. The van der Waals surface area contributed by atoms with E-state index in [4.69, 9.17) is 4.74 Å². The van der Waals surface area contributed by atoms with Crippen molar-refractivity contribution in [1.82, 2.24) is 4.57 Å². The summed E-state index contributed by atoms with van der Waals surface area (Å²) in [7, 11) is 3.17. The number of esters is 1. The van der Waals surface area contributed by atoms with Gasteiger partial charge in [0.1, 0.15) is 11.5 Å². The highest BCUT2D eigenvalue weighted by atomic mass is 16.5. The van der Waals surface area contributed by atoms with E-state index in [0.29, 0.717) is 34.0 Å². The third-order valence-corrected chi connectivity index (χ3v) is 6.26. The molecular weight excluding hydrogens is 422 g/mol. The summed E-state index contributed by atoms with van der Waals surface area (Å²) in [4.78, 5) is 28.3. The number of carbonyl (C=O) groups is 1. The Hall–Kier alpha value is -4.20. The third-order valence-electron chi connectivity index (χ3n) is 6.26. The zero-order chi connectivity index (χ0) is 23.4. The van der Waals surface area contributed by atoms with Crippen LogP contribution in [0.3, 0.4) is 0 Å². The molecule has 33 heavy (non-hydrogen) atoms. The number of hydrogen-bond donors (Lipinski definition) is 3. The highest BCUT2D eigenvalue weighted by molar-refractivity contribution is 6.21. The lowest BCUT2D eigenvalue weighted by Gasteiger charge is -2.21. The van der Waals surface area contributed by atoms with Gasteiger partial charge in [0.2, 0.25) is 5.71 Å². The van der Waals surface area contributed by atoms with Crippen LogP contribution in [0.2, 0.25) is 0 Å². The van der Waals surface area contributed by atoms with E-state index in [-0.39, 0.29) is 29.7 Å². The predicted molar refractivity (Wildman–Crippen MR) is 119 cm³/mol.